The van der Waals surface area contributed by atoms with Crippen molar-refractivity contribution in [3.63, 3.8) is 0 Å². The Morgan fingerprint density at radius 2 is 2.13 bits per heavy atom. The predicted octanol–water partition coefficient (Wildman–Crippen LogP) is 1.29. The zero-order chi connectivity index (χ0) is 16.7. The zero-order valence-electron chi connectivity index (χ0n) is 14.1. The van der Waals surface area contributed by atoms with E-state index >= 15 is 0 Å². The van der Waals surface area contributed by atoms with Gasteiger partial charge in [0.1, 0.15) is 17.9 Å². The van der Waals surface area contributed by atoms with Gasteiger partial charge in [-0.2, -0.15) is 5.10 Å². The maximum absolute atomic E-state index is 5.42. The first-order chi connectivity index (χ1) is 11.2. The van der Waals surface area contributed by atoms with Crippen molar-refractivity contribution in [2.75, 3.05) is 20.7 Å². The molecule has 0 bridgehead atoms. The summed E-state index contributed by atoms with van der Waals surface area (Å²) in [5, 5.41) is 10.6. The van der Waals surface area contributed by atoms with E-state index in [9.17, 15) is 0 Å². The Balaban J connectivity index is 1.89. The number of hydrogen-bond acceptors (Lipinski definition) is 4. The molecule has 0 spiro atoms. The van der Waals surface area contributed by atoms with E-state index in [0.717, 1.165) is 24.1 Å². The van der Waals surface area contributed by atoms with Crippen LogP contribution in [0.4, 0.5) is 0 Å². The van der Waals surface area contributed by atoms with Gasteiger partial charge < -0.3 is 15.4 Å². The lowest BCUT2D eigenvalue weighted by Gasteiger charge is -2.18. The Morgan fingerprint density at radius 1 is 1.35 bits per heavy atom. The van der Waals surface area contributed by atoms with Crippen LogP contribution in [0.2, 0.25) is 0 Å². The van der Waals surface area contributed by atoms with Crippen LogP contribution in [0.1, 0.15) is 24.2 Å². The molecule has 0 saturated carbocycles. The average molecular weight is 316 g/mol. The first-order valence-corrected chi connectivity index (χ1v) is 7.56. The third kappa shape index (κ3) is 4.45. The molecule has 124 valence electrons. The van der Waals surface area contributed by atoms with E-state index in [1.807, 2.05) is 25.2 Å². The molecular weight excluding hydrogens is 292 g/mol. The van der Waals surface area contributed by atoms with Gasteiger partial charge in [0.05, 0.1) is 13.7 Å². The van der Waals surface area contributed by atoms with Gasteiger partial charge in [-0.1, -0.05) is 25.1 Å². The molecule has 23 heavy (non-hydrogen) atoms. The quantitative estimate of drug-likeness (QED) is 0.620. The first kappa shape index (κ1) is 16.8. The lowest BCUT2D eigenvalue weighted by molar-refractivity contribution is 0.406. The normalized spacial score (nSPS) is 12.8. The molecule has 1 unspecified atom stereocenters. The number of aliphatic imine (C=N–C) groups is 1. The third-order valence-corrected chi connectivity index (χ3v) is 3.69. The van der Waals surface area contributed by atoms with Gasteiger partial charge in [0.2, 0.25) is 0 Å². The van der Waals surface area contributed by atoms with E-state index in [1.165, 1.54) is 11.9 Å². The van der Waals surface area contributed by atoms with Gasteiger partial charge in [-0.25, -0.2) is 4.98 Å². The van der Waals surface area contributed by atoms with Gasteiger partial charge in [0.15, 0.2) is 5.96 Å². The molecule has 0 aliphatic rings. The summed E-state index contributed by atoms with van der Waals surface area (Å²) in [6.07, 6.45) is 1.54. The smallest absolute Gasteiger partial charge is 0.191 e. The van der Waals surface area contributed by atoms with Crippen molar-refractivity contribution in [1.82, 2.24) is 25.4 Å². The highest BCUT2D eigenvalue weighted by Gasteiger charge is 2.11. The Labute approximate surface area is 136 Å². The Morgan fingerprint density at radius 3 is 2.78 bits per heavy atom. The number of hydrogen-bond donors (Lipinski definition) is 2. The molecule has 1 aromatic heterocycles. The average Bonchev–Trinajstić information content (AvgIpc) is 2.99. The van der Waals surface area contributed by atoms with Crippen LogP contribution in [0.3, 0.4) is 0 Å². The number of rotatable bonds is 6. The summed E-state index contributed by atoms with van der Waals surface area (Å²) in [6, 6.07) is 8.06. The van der Waals surface area contributed by atoms with Crippen LogP contribution in [0.25, 0.3) is 0 Å². The highest BCUT2D eigenvalue weighted by atomic mass is 16.5. The van der Waals surface area contributed by atoms with Crippen molar-refractivity contribution in [2.45, 2.75) is 19.4 Å². The molecule has 0 fully saturated rings. The summed E-state index contributed by atoms with van der Waals surface area (Å²) in [4.78, 5) is 8.41. The van der Waals surface area contributed by atoms with E-state index in [1.54, 1.807) is 18.8 Å². The van der Waals surface area contributed by atoms with Gasteiger partial charge >= 0.3 is 0 Å². The van der Waals surface area contributed by atoms with Crippen LogP contribution in [-0.2, 0) is 13.6 Å². The molecule has 0 radical (unpaired) electrons. The number of aryl methyl sites for hydroxylation is 1. The SMILES string of the molecule is CN=C(NCc1ncnn1C)NCC(C)c1ccccc1OC. The molecule has 0 saturated heterocycles. The minimum Gasteiger partial charge on any atom is -0.496 e. The van der Waals surface area contributed by atoms with Crippen LogP contribution in [0, 0.1) is 0 Å². The number of aromatic nitrogens is 3. The second-order valence-electron chi connectivity index (χ2n) is 5.25. The summed E-state index contributed by atoms with van der Waals surface area (Å²) in [6.45, 7) is 3.47. The number of benzene rings is 1. The highest BCUT2D eigenvalue weighted by Crippen LogP contribution is 2.25. The molecule has 2 N–H and O–H groups in total. The van der Waals surface area contributed by atoms with Crippen molar-refractivity contribution in [3.8, 4) is 5.75 Å². The Hall–Kier alpha value is -2.57. The Bertz CT molecular complexity index is 652. The number of ether oxygens (including phenoxy) is 1. The molecule has 1 heterocycles. The van der Waals surface area contributed by atoms with Crippen LogP contribution in [-0.4, -0.2) is 41.4 Å². The maximum Gasteiger partial charge on any atom is 0.191 e. The number of para-hydroxylation sites is 1. The van der Waals surface area contributed by atoms with Crippen LogP contribution < -0.4 is 15.4 Å². The molecular formula is C16H24N6O. The van der Waals surface area contributed by atoms with Gasteiger partial charge in [-0.3, -0.25) is 9.67 Å². The fourth-order valence-corrected chi connectivity index (χ4v) is 2.30. The van der Waals surface area contributed by atoms with Gasteiger partial charge in [0, 0.05) is 26.6 Å². The fraction of sp³-hybridized carbons (Fsp3) is 0.438. The van der Waals surface area contributed by atoms with E-state index < -0.39 is 0 Å². The lowest BCUT2D eigenvalue weighted by atomic mass is 10.0. The van der Waals surface area contributed by atoms with Crippen molar-refractivity contribution < 1.29 is 4.74 Å². The number of guanidine groups is 1. The van der Waals surface area contributed by atoms with Gasteiger partial charge in [-0.05, 0) is 11.6 Å². The van der Waals surface area contributed by atoms with Crippen molar-refractivity contribution >= 4 is 5.96 Å². The van der Waals surface area contributed by atoms with Crippen LogP contribution in [0.5, 0.6) is 5.75 Å². The highest BCUT2D eigenvalue weighted by molar-refractivity contribution is 5.79. The topological polar surface area (TPSA) is 76.4 Å². The third-order valence-electron chi connectivity index (χ3n) is 3.69. The zero-order valence-corrected chi connectivity index (χ0v) is 14.1. The minimum atomic E-state index is 0.291. The molecule has 0 amide bonds. The Kier molecular flexibility index (Phi) is 5.96. The summed E-state index contributed by atoms with van der Waals surface area (Å²) in [5.74, 6) is 2.78. The lowest BCUT2D eigenvalue weighted by Crippen LogP contribution is -2.39. The molecule has 1 atom stereocenters. The minimum absolute atomic E-state index is 0.291. The van der Waals surface area contributed by atoms with Crippen molar-refractivity contribution in [3.05, 3.63) is 42.0 Å². The molecule has 2 aromatic rings. The predicted molar refractivity (Wildman–Crippen MR) is 90.6 cm³/mol. The van der Waals surface area contributed by atoms with Gasteiger partial charge in [0.25, 0.3) is 0 Å². The molecule has 2 rings (SSSR count). The standard InChI is InChI=1S/C16H24N6O/c1-12(13-7-5-6-8-14(13)23-4)9-18-16(17-2)19-10-15-20-11-21-22(15)3/h5-8,11-12H,9-10H2,1-4H3,(H2,17,18,19). The van der Waals surface area contributed by atoms with E-state index in [2.05, 4.69) is 38.7 Å². The summed E-state index contributed by atoms with van der Waals surface area (Å²) in [5.41, 5.74) is 1.17. The monoisotopic (exact) mass is 316 g/mol. The molecule has 0 aliphatic carbocycles. The number of methoxy groups -OCH3 is 1. The largest absolute Gasteiger partial charge is 0.496 e. The fourth-order valence-electron chi connectivity index (χ4n) is 2.30. The van der Waals surface area contributed by atoms with E-state index in [-0.39, 0.29) is 0 Å². The van der Waals surface area contributed by atoms with E-state index in [0.29, 0.717) is 12.5 Å². The molecule has 0 aliphatic heterocycles. The maximum atomic E-state index is 5.42. The molecule has 7 heteroatoms. The molecule has 7 nitrogen and oxygen atoms in total. The summed E-state index contributed by atoms with van der Waals surface area (Å²) < 4.78 is 7.15. The van der Waals surface area contributed by atoms with Crippen LogP contribution in [0.15, 0.2) is 35.6 Å². The van der Waals surface area contributed by atoms with Crippen molar-refractivity contribution in [2.24, 2.45) is 12.0 Å². The second kappa shape index (κ2) is 8.17. The summed E-state index contributed by atoms with van der Waals surface area (Å²) >= 11 is 0. The number of nitrogens with zero attached hydrogens (tertiary/aromatic N) is 4. The van der Waals surface area contributed by atoms with E-state index in [4.69, 9.17) is 4.74 Å². The second-order valence-corrected chi connectivity index (χ2v) is 5.25. The van der Waals surface area contributed by atoms with Crippen molar-refractivity contribution in [1.29, 1.82) is 0 Å². The van der Waals surface area contributed by atoms with Crippen LogP contribution >= 0.6 is 0 Å². The van der Waals surface area contributed by atoms with Gasteiger partial charge in [-0.15, -0.1) is 0 Å². The summed E-state index contributed by atoms with van der Waals surface area (Å²) in [7, 11) is 5.31. The molecule has 1 aromatic carbocycles. The number of nitrogens with one attached hydrogen (secondary N) is 2. The first-order valence-electron chi connectivity index (χ1n) is 7.56.